The van der Waals surface area contributed by atoms with Gasteiger partial charge in [0.25, 0.3) is 5.91 Å². The fraction of sp³-hybridized carbons (Fsp3) is 0.438. The highest BCUT2D eigenvalue weighted by atomic mass is 16.5. The zero-order valence-corrected chi connectivity index (χ0v) is 12.2. The molecule has 1 fully saturated rings. The van der Waals surface area contributed by atoms with Crippen molar-refractivity contribution in [3.8, 4) is 0 Å². The van der Waals surface area contributed by atoms with Crippen LogP contribution in [0.25, 0.3) is 0 Å². The fourth-order valence-electron chi connectivity index (χ4n) is 2.90. The predicted molar refractivity (Wildman–Crippen MR) is 77.8 cm³/mol. The fourth-order valence-corrected chi connectivity index (χ4v) is 2.90. The Kier molecular flexibility index (Phi) is 3.99. The number of pyridine rings is 1. The molecule has 0 N–H and O–H groups in total. The van der Waals surface area contributed by atoms with Crippen LogP contribution < -0.4 is 0 Å². The molecular formula is C16H19N3O2. The first-order chi connectivity index (χ1) is 10.2. The number of likely N-dealkylation sites (tertiary alicyclic amines) is 1. The van der Waals surface area contributed by atoms with Crippen LogP contribution in [0, 0.1) is 12.8 Å². The molecule has 0 aromatic carbocycles. The third-order valence-electron chi connectivity index (χ3n) is 3.90. The normalized spacial score (nSPS) is 18.7. The van der Waals surface area contributed by atoms with Crippen molar-refractivity contribution in [1.29, 1.82) is 0 Å². The van der Waals surface area contributed by atoms with Crippen molar-refractivity contribution in [1.82, 2.24) is 15.0 Å². The number of aromatic nitrogens is 2. The molecule has 0 spiro atoms. The lowest BCUT2D eigenvalue weighted by atomic mass is 9.92. The van der Waals surface area contributed by atoms with Crippen LogP contribution in [0.2, 0.25) is 0 Å². The van der Waals surface area contributed by atoms with Gasteiger partial charge in [0.1, 0.15) is 5.76 Å². The topological polar surface area (TPSA) is 59.2 Å². The van der Waals surface area contributed by atoms with Crippen molar-refractivity contribution in [2.75, 3.05) is 13.1 Å². The van der Waals surface area contributed by atoms with Gasteiger partial charge in [0.2, 0.25) is 0 Å². The zero-order valence-electron chi connectivity index (χ0n) is 12.2. The largest absolute Gasteiger partial charge is 0.361 e. The van der Waals surface area contributed by atoms with E-state index in [1.807, 2.05) is 17.2 Å². The molecule has 21 heavy (non-hydrogen) atoms. The third-order valence-corrected chi connectivity index (χ3v) is 3.90. The Labute approximate surface area is 124 Å². The van der Waals surface area contributed by atoms with E-state index < -0.39 is 0 Å². The number of hydrogen-bond acceptors (Lipinski definition) is 4. The molecule has 0 aliphatic carbocycles. The van der Waals surface area contributed by atoms with Crippen molar-refractivity contribution in [3.63, 3.8) is 0 Å². The van der Waals surface area contributed by atoms with Crippen molar-refractivity contribution < 1.29 is 9.32 Å². The molecule has 1 aliphatic heterocycles. The van der Waals surface area contributed by atoms with E-state index in [0.717, 1.165) is 32.4 Å². The second-order valence-electron chi connectivity index (χ2n) is 5.65. The maximum absolute atomic E-state index is 12.4. The molecule has 2 aromatic rings. The van der Waals surface area contributed by atoms with Crippen LogP contribution in [-0.4, -0.2) is 34.0 Å². The summed E-state index contributed by atoms with van der Waals surface area (Å²) >= 11 is 0. The van der Waals surface area contributed by atoms with Gasteiger partial charge in [-0.1, -0.05) is 11.2 Å². The second-order valence-corrected chi connectivity index (χ2v) is 5.65. The molecule has 2 aromatic heterocycles. The summed E-state index contributed by atoms with van der Waals surface area (Å²) < 4.78 is 4.99. The monoisotopic (exact) mass is 285 g/mol. The molecule has 0 bridgehead atoms. The number of aryl methyl sites for hydroxylation is 1. The molecule has 5 heteroatoms. The van der Waals surface area contributed by atoms with Gasteiger partial charge in [-0.25, -0.2) is 0 Å². The standard InChI is InChI=1S/C16H19N3O2/c1-12-8-15(18-21-12)16(20)19-7-3-5-14(11-19)9-13-4-2-6-17-10-13/h2,4,6,8,10,14H,3,5,7,9,11H2,1H3/t14-/m0/s1. The number of piperidine rings is 1. The minimum absolute atomic E-state index is 0.0252. The molecule has 1 saturated heterocycles. The van der Waals surface area contributed by atoms with Crippen LogP contribution in [0.15, 0.2) is 35.1 Å². The molecule has 0 unspecified atom stereocenters. The summed E-state index contributed by atoms with van der Waals surface area (Å²) in [4.78, 5) is 18.4. The van der Waals surface area contributed by atoms with Gasteiger partial charge in [0.15, 0.2) is 5.69 Å². The average Bonchev–Trinajstić information content (AvgIpc) is 2.94. The molecule has 0 saturated carbocycles. The Balaban J connectivity index is 1.64. The first kappa shape index (κ1) is 13.8. The van der Waals surface area contributed by atoms with E-state index >= 15 is 0 Å². The smallest absolute Gasteiger partial charge is 0.276 e. The van der Waals surface area contributed by atoms with Crippen LogP contribution in [-0.2, 0) is 6.42 Å². The van der Waals surface area contributed by atoms with E-state index in [4.69, 9.17) is 4.52 Å². The van der Waals surface area contributed by atoms with Crippen molar-refractivity contribution >= 4 is 5.91 Å². The van der Waals surface area contributed by atoms with Crippen LogP contribution >= 0.6 is 0 Å². The van der Waals surface area contributed by atoms with Crippen molar-refractivity contribution in [3.05, 3.63) is 47.6 Å². The quantitative estimate of drug-likeness (QED) is 0.869. The summed E-state index contributed by atoms with van der Waals surface area (Å²) in [6, 6.07) is 5.75. The minimum Gasteiger partial charge on any atom is -0.361 e. The van der Waals surface area contributed by atoms with E-state index in [2.05, 4.69) is 16.2 Å². The first-order valence-corrected chi connectivity index (χ1v) is 7.34. The van der Waals surface area contributed by atoms with Gasteiger partial charge >= 0.3 is 0 Å². The van der Waals surface area contributed by atoms with Crippen molar-refractivity contribution in [2.24, 2.45) is 5.92 Å². The van der Waals surface area contributed by atoms with E-state index in [0.29, 0.717) is 17.4 Å². The van der Waals surface area contributed by atoms with E-state index in [-0.39, 0.29) is 5.91 Å². The number of carbonyl (C=O) groups excluding carboxylic acids is 1. The Morgan fingerprint density at radius 3 is 3.14 bits per heavy atom. The predicted octanol–water partition coefficient (Wildman–Crippen LogP) is 2.47. The van der Waals surface area contributed by atoms with Gasteiger partial charge in [0, 0.05) is 31.5 Å². The maximum Gasteiger partial charge on any atom is 0.276 e. The Morgan fingerprint density at radius 2 is 2.43 bits per heavy atom. The minimum atomic E-state index is -0.0252. The van der Waals surface area contributed by atoms with Crippen molar-refractivity contribution in [2.45, 2.75) is 26.2 Å². The number of nitrogens with zero attached hydrogens (tertiary/aromatic N) is 3. The zero-order chi connectivity index (χ0) is 14.7. The van der Waals surface area contributed by atoms with E-state index in [9.17, 15) is 4.79 Å². The number of hydrogen-bond donors (Lipinski definition) is 0. The summed E-state index contributed by atoms with van der Waals surface area (Å²) in [5.41, 5.74) is 1.64. The van der Waals surface area contributed by atoms with Crippen LogP contribution in [0.1, 0.15) is 34.7 Å². The maximum atomic E-state index is 12.4. The van der Waals surface area contributed by atoms with Crippen LogP contribution in [0.4, 0.5) is 0 Å². The molecule has 1 atom stereocenters. The molecule has 1 aliphatic rings. The molecule has 0 radical (unpaired) electrons. The molecule has 3 rings (SSSR count). The van der Waals surface area contributed by atoms with E-state index in [1.54, 1.807) is 19.2 Å². The molecule has 5 nitrogen and oxygen atoms in total. The highest BCUT2D eigenvalue weighted by Crippen LogP contribution is 2.22. The number of rotatable bonds is 3. The summed E-state index contributed by atoms with van der Waals surface area (Å²) in [5.74, 6) is 1.13. The van der Waals surface area contributed by atoms with Crippen LogP contribution in [0.5, 0.6) is 0 Å². The van der Waals surface area contributed by atoms with Gasteiger partial charge in [0.05, 0.1) is 0 Å². The molecule has 110 valence electrons. The second kappa shape index (κ2) is 6.08. The summed E-state index contributed by atoms with van der Waals surface area (Å²) in [5, 5.41) is 3.82. The lowest BCUT2D eigenvalue weighted by molar-refractivity contribution is 0.0663. The van der Waals surface area contributed by atoms with Gasteiger partial charge in [-0.15, -0.1) is 0 Å². The average molecular weight is 285 g/mol. The summed E-state index contributed by atoms with van der Waals surface area (Å²) in [6.07, 6.45) is 6.84. The number of carbonyl (C=O) groups is 1. The highest BCUT2D eigenvalue weighted by Gasteiger charge is 2.26. The van der Waals surface area contributed by atoms with Gasteiger partial charge in [-0.05, 0) is 43.7 Å². The summed E-state index contributed by atoms with van der Waals surface area (Å²) in [6.45, 7) is 3.37. The highest BCUT2D eigenvalue weighted by molar-refractivity contribution is 5.92. The third kappa shape index (κ3) is 3.29. The Morgan fingerprint density at radius 1 is 1.52 bits per heavy atom. The van der Waals surface area contributed by atoms with Crippen LogP contribution in [0.3, 0.4) is 0 Å². The lowest BCUT2D eigenvalue weighted by Crippen LogP contribution is -2.40. The Hall–Kier alpha value is -2.17. The van der Waals surface area contributed by atoms with Gasteiger partial charge < -0.3 is 9.42 Å². The molecule has 3 heterocycles. The summed E-state index contributed by atoms with van der Waals surface area (Å²) in [7, 11) is 0. The van der Waals surface area contributed by atoms with Gasteiger partial charge in [-0.3, -0.25) is 9.78 Å². The molecule has 1 amide bonds. The van der Waals surface area contributed by atoms with Gasteiger partial charge in [-0.2, -0.15) is 0 Å². The van der Waals surface area contributed by atoms with E-state index in [1.165, 1.54) is 5.56 Å². The molecular weight excluding hydrogens is 266 g/mol. The first-order valence-electron chi connectivity index (χ1n) is 7.34. The SMILES string of the molecule is Cc1cc(C(=O)N2CCC[C@@H](Cc3cccnc3)C2)no1. The number of amides is 1. The Bertz CT molecular complexity index is 609. The lowest BCUT2D eigenvalue weighted by Gasteiger charge is -2.32.